The number of rotatable bonds is 0. The van der Waals surface area contributed by atoms with Gasteiger partial charge in [0.2, 0.25) is 5.78 Å². The van der Waals surface area contributed by atoms with Gasteiger partial charge >= 0.3 is 0 Å². The van der Waals surface area contributed by atoms with Gasteiger partial charge in [0.15, 0.2) is 11.2 Å². The first-order valence-corrected chi connectivity index (χ1v) is 7.35. The van der Waals surface area contributed by atoms with E-state index in [0.29, 0.717) is 10.0 Å². The quantitative estimate of drug-likeness (QED) is 0.689. The van der Waals surface area contributed by atoms with Gasteiger partial charge in [-0.15, -0.1) is 0 Å². The van der Waals surface area contributed by atoms with Gasteiger partial charge in [0.05, 0.1) is 0 Å². The van der Waals surface area contributed by atoms with Crippen LogP contribution in [0.1, 0.15) is 33.2 Å². The minimum absolute atomic E-state index is 0.0992. The van der Waals surface area contributed by atoms with E-state index in [-0.39, 0.29) is 22.3 Å². The first-order valence-electron chi connectivity index (χ1n) is 6.59. The maximum Gasteiger partial charge on any atom is 0.202 e. The Morgan fingerprint density at radius 2 is 1.59 bits per heavy atom. The number of hydrogen-bond donors (Lipinski definition) is 3. The predicted octanol–water partition coefficient (Wildman–Crippen LogP) is 2.31. The molecule has 0 spiro atoms. The monoisotopic (exact) mass is 336 g/mol. The molecular weight excluding hydrogens is 327 g/mol. The smallest absolute Gasteiger partial charge is 0.202 e. The number of carbonyl (C=O) groups is 1. The molecule has 0 amide bonds. The van der Waals surface area contributed by atoms with Crippen molar-refractivity contribution in [2.45, 2.75) is 17.3 Å². The van der Waals surface area contributed by atoms with E-state index in [4.69, 9.17) is 23.2 Å². The van der Waals surface area contributed by atoms with Crippen LogP contribution in [0.5, 0.6) is 0 Å². The van der Waals surface area contributed by atoms with Gasteiger partial charge in [0.25, 0.3) is 0 Å². The maximum atomic E-state index is 12.8. The second-order valence-electron chi connectivity index (χ2n) is 5.63. The first-order chi connectivity index (χ1) is 10.3. The molecule has 2 aliphatic rings. The van der Waals surface area contributed by atoms with Crippen LogP contribution in [-0.2, 0) is 11.2 Å². The van der Waals surface area contributed by atoms with E-state index in [2.05, 4.69) is 0 Å². The van der Waals surface area contributed by atoms with Crippen LogP contribution in [0.3, 0.4) is 0 Å². The number of aliphatic hydroxyl groups is 3. The zero-order chi connectivity index (χ0) is 15.9. The minimum Gasteiger partial charge on any atom is -0.385 e. The standard InChI is InChI=1S/C16H10Cl2O4/c17-7-2-4-11-10(5-7)14(20)16(22)12-6-8(18)1-3-9(12)13(19)15(11,16)21/h1-6,13,19,21-22H/t13-,15-,16-/m1/s1. The summed E-state index contributed by atoms with van der Waals surface area (Å²) < 4.78 is 0. The molecule has 0 fully saturated rings. The minimum atomic E-state index is -2.28. The number of benzene rings is 2. The fraction of sp³-hybridized carbons (Fsp3) is 0.188. The van der Waals surface area contributed by atoms with Gasteiger partial charge in [-0.1, -0.05) is 35.3 Å². The highest BCUT2D eigenvalue weighted by Gasteiger charge is 2.71. The average Bonchev–Trinajstić information content (AvgIpc) is 2.77. The van der Waals surface area contributed by atoms with Gasteiger partial charge in [-0.05, 0) is 29.8 Å². The summed E-state index contributed by atoms with van der Waals surface area (Å²) >= 11 is 11.8. The molecule has 0 aromatic heterocycles. The molecule has 2 aliphatic carbocycles. The van der Waals surface area contributed by atoms with E-state index in [9.17, 15) is 20.1 Å². The zero-order valence-electron chi connectivity index (χ0n) is 11.0. The number of aliphatic hydroxyl groups excluding tert-OH is 1. The second-order valence-corrected chi connectivity index (χ2v) is 6.50. The van der Waals surface area contributed by atoms with Gasteiger partial charge in [-0.3, -0.25) is 4.79 Å². The Morgan fingerprint density at radius 3 is 2.32 bits per heavy atom. The number of carbonyl (C=O) groups excluding carboxylic acids is 1. The van der Waals surface area contributed by atoms with Crippen molar-refractivity contribution in [3.8, 4) is 0 Å². The Kier molecular flexibility index (Phi) is 2.64. The zero-order valence-corrected chi connectivity index (χ0v) is 12.6. The van der Waals surface area contributed by atoms with Crippen LogP contribution < -0.4 is 0 Å². The van der Waals surface area contributed by atoms with Crippen LogP contribution in [0.2, 0.25) is 10.0 Å². The number of Topliss-reactive ketones (excluding diaryl/α,β-unsaturated/α-hetero) is 1. The van der Waals surface area contributed by atoms with Crippen LogP contribution in [-0.4, -0.2) is 21.1 Å². The Labute approximate surface area is 135 Å². The van der Waals surface area contributed by atoms with Crippen molar-refractivity contribution in [1.82, 2.24) is 0 Å². The second kappa shape index (κ2) is 4.10. The van der Waals surface area contributed by atoms with Crippen molar-refractivity contribution < 1.29 is 20.1 Å². The molecule has 3 N–H and O–H groups in total. The van der Waals surface area contributed by atoms with Gasteiger partial charge in [0.1, 0.15) is 6.10 Å². The maximum absolute atomic E-state index is 12.8. The van der Waals surface area contributed by atoms with Crippen molar-refractivity contribution in [3.63, 3.8) is 0 Å². The molecule has 0 saturated carbocycles. The van der Waals surface area contributed by atoms with Gasteiger partial charge < -0.3 is 15.3 Å². The first kappa shape index (κ1) is 14.2. The van der Waals surface area contributed by atoms with Crippen LogP contribution >= 0.6 is 23.2 Å². The van der Waals surface area contributed by atoms with Crippen LogP contribution in [0.25, 0.3) is 0 Å². The normalized spacial score (nSPS) is 31.9. The summed E-state index contributed by atoms with van der Waals surface area (Å²) in [6.07, 6.45) is -1.45. The molecule has 22 heavy (non-hydrogen) atoms. The molecule has 0 heterocycles. The molecule has 0 radical (unpaired) electrons. The highest BCUT2D eigenvalue weighted by molar-refractivity contribution is 6.31. The van der Waals surface area contributed by atoms with Gasteiger partial charge in [0, 0.05) is 26.7 Å². The van der Waals surface area contributed by atoms with Crippen molar-refractivity contribution in [1.29, 1.82) is 0 Å². The topological polar surface area (TPSA) is 77.8 Å². The molecule has 0 aliphatic heterocycles. The molecule has 4 nitrogen and oxygen atoms in total. The lowest BCUT2D eigenvalue weighted by Gasteiger charge is -2.33. The number of hydrogen-bond acceptors (Lipinski definition) is 4. The SMILES string of the molecule is O=C1c2cc(Cl)ccc2[C@@]2(O)[C@H](O)c3ccc(Cl)cc3[C@@]12O. The van der Waals surface area contributed by atoms with E-state index in [1.54, 1.807) is 0 Å². The lowest BCUT2D eigenvalue weighted by molar-refractivity contribution is -0.171. The summed E-state index contributed by atoms with van der Waals surface area (Å²) in [6.45, 7) is 0. The number of ketones is 1. The van der Waals surface area contributed by atoms with Crippen LogP contribution in [0.15, 0.2) is 36.4 Å². The fourth-order valence-electron chi connectivity index (χ4n) is 3.58. The van der Waals surface area contributed by atoms with Crippen molar-refractivity contribution in [2.24, 2.45) is 0 Å². The molecule has 0 bridgehead atoms. The lowest BCUT2D eigenvalue weighted by atomic mass is 9.82. The molecule has 0 saturated heterocycles. The molecule has 0 unspecified atom stereocenters. The highest BCUT2D eigenvalue weighted by Crippen LogP contribution is 2.62. The van der Waals surface area contributed by atoms with Crippen molar-refractivity contribution >= 4 is 29.0 Å². The van der Waals surface area contributed by atoms with E-state index in [1.807, 2.05) is 0 Å². The van der Waals surface area contributed by atoms with E-state index >= 15 is 0 Å². The van der Waals surface area contributed by atoms with E-state index in [1.165, 1.54) is 36.4 Å². The summed E-state index contributed by atoms with van der Waals surface area (Å²) in [5.74, 6) is -0.701. The lowest BCUT2D eigenvalue weighted by Crippen LogP contribution is -2.48. The molecule has 3 atom stereocenters. The highest BCUT2D eigenvalue weighted by atomic mass is 35.5. The Bertz CT molecular complexity index is 850. The molecule has 4 rings (SSSR count). The fourth-order valence-corrected chi connectivity index (χ4v) is 3.92. The molecule has 2 aromatic rings. The third-order valence-electron chi connectivity index (χ3n) is 4.61. The summed E-state index contributed by atoms with van der Waals surface area (Å²) in [4.78, 5) is 12.8. The molecule has 6 heteroatoms. The molecule has 2 aromatic carbocycles. The predicted molar refractivity (Wildman–Crippen MR) is 80.0 cm³/mol. The van der Waals surface area contributed by atoms with E-state index < -0.39 is 23.1 Å². The summed E-state index contributed by atoms with van der Waals surface area (Å²) in [5.41, 5.74) is -3.78. The van der Waals surface area contributed by atoms with Crippen LogP contribution in [0.4, 0.5) is 0 Å². The molecule has 112 valence electrons. The third-order valence-corrected chi connectivity index (χ3v) is 5.08. The van der Waals surface area contributed by atoms with Crippen molar-refractivity contribution in [3.05, 3.63) is 68.7 Å². The number of halogens is 2. The largest absolute Gasteiger partial charge is 0.385 e. The Balaban J connectivity index is 2.10. The Hall–Kier alpha value is -1.43. The van der Waals surface area contributed by atoms with Crippen molar-refractivity contribution in [2.75, 3.05) is 0 Å². The summed E-state index contributed by atoms with van der Waals surface area (Å²) in [6, 6.07) is 8.75. The van der Waals surface area contributed by atoms with Crippen LogP contribution in [0, 0.1) is 0 Å². The summed E-state index contributed by atoms with van der Waals surface area (Å²) in [7, 11) is 0. The average molecular weight is 337 g/mol. The third kappa shape index (κ3) is 1.33. The Morgan fingerprint density at radius 1 is 0.955 bits per heavy atom. The summed E-state index contributed by atoms with van der Waals surface area (Å²) in [5, 5.41) is 33.3. The van der Waals surface area contributed by atoms with Gasteiger partial charge in [-0.2, -0.15) is 0 Å². The number of fused-ring (bicyclic) bond motifs is 5. The van der Waals surface area contributed by atoms with Gasteiger partial charge in [-0.25, -0.2) is 0 Å². The molecular formula is C16H10Cl2O4. The van der Waals surface area contributed by atoms with E-state index in [0.717, 1.165) is 0 Å².